The van der Waals surface area contributed by atoms with Crippen molar-refractivity contribution in [3.8, 4) is 11.6 Å². The first-order chi connectivity index (χ1) is 8.88. The van der Waals surface area contributed by atoms with Crippen LogP contribution in [0.25, 0.3) is 11.6 Å². The van der Waals surface area contributed by atoms with Crippen molar-refractivity contribution in [2.45, 2.75) is 26.2 Å². The summed E-state index contributed by atoms with van der Waals surface area (Å²) in [5.74, 6) is 2.15. The van der Waals surface area contributed by atoms with Crippen molar-refractivity contribution in [3.63, 3.8) is 0 Å². The van der Waals surface area contributed by atoms with E-state index in [2.05, 4.69) is 32.2 Å². The van der Waals surface area contributed by atoms with Gasteiger partial charge in [-0.05, 0) is 32.3 Å². The first kappa shape index (κ1) is 11.1. The van der Waals surface area contributed by atoms with Gasteiger partial charge in [0.15, 0.2) is 11.6 Å². The van der Waals surface area contributed by atoms with Gasteiger partial charge in [0.25, 0.3) is 0 Å². The molecule has 0 amide bonds. The van der Waals surface area contributed by atoms with Gasteiger partial charge in [-0.3, -0.25) is 0 Å². The Morgan fingerprint density at radius 1 is 1.11 bits per heavy atom. The summed E-state index contributed by atoms with van der Waals surface area (Å²) in [4.78, 5) is 17.6. The SMILES string of the molecule is CCNc1nc(-c2ncccn2)nc2c1CCC2. The number of aromatic nitrogens is 4. The molecule has 0 aromatic carbocycles. The second-order valence-corrected chi connectivity index (χ2v) is 4.28. The highest BCUT2D eigenvalue weighted by Crippen LogP contribution is 2.27. The maximum Gasteiger partial charge on any atom is 0.199 e. The summed E-state index contributed by atoms with van der Waals surface area (Å²) >= 11 is 0. The van der Waals surface area contributed by atoms with Gasteiger partial charge in [0.05, 0.1) is 0 Å². The Labute approximate surface area is 106 Å². The number of aryl methyl sites for hydroxylation is 1. The van der Waals surface area contributed by atoms with Crippen LogP contribution < -0.4 is 5.32 Å². The van der Waals surface area contributed by atoms with Crippen molar-refractivity contribution in [1.82, 2.24) is 19.9 Å². The fourth-order valence-corrected chi connectivity index (χ4v) is 2.26. The topological polar surface area (TPSA) is 63.6 Å². The third-order valence-electron chi connectivity index (χ3n) is 3.04. The van der Waals surface area contributed by atoms with Crippen molar-refractivity contribution in [2.24, 2.45) is 0 Å². The molecule has 2 aromatic heterocycles. The summed E-state index contributed by atoms with van der Waals surface area (Å²) in [5.41, 5.74) is 2.40. The lowest BCUT2D eigenvalue weighted by Gasteiger charge is -2.10. The Hall–Kier alpha value is -2.04. The lowest BCUT2D eigenvalue weighted by atomic mass is 10.2. The van der Waals surface area contributed by atoms with E-state index < -0.39 is 0 Å². The fraction of sp³-hybridized carbons (Fsp3) is 0.385. The Balaban J connectivity index is 2.09. The molecule has 5 heteroatoms. The second-order valence-electron chi connectivity index (χ2n) is 4.28. The molecule has 0 fully saturated rings. The molecule has 0 spiro atoms. The Bertz CT molecular complexity index is 553. The van der Waals surface area contributed by atoms with E-state index in [0.29, 0.717) is 11.6 Å². The standard InChI is InChI=1S/C13H15N5/c1-2-14-11-9-5-3-6-10(9)17-13(18-11)12-15-7-4-8-16-12/h4,7-8H,2-3,5-6H2,1H3,(H,14,17,18). The normalized spacial score (nSPS) is 13.4. The second kappa shape index (κ2) is 4.68. The highest BCUT2D eigenvalue weighted by atomic mass is 15.1. The maximum atomic E-state index is 4.59. The van der Waals surface area contributed by atoms with Gasteiger partial charge in [0.1, 0.15) is 5.82 Å². The summed E-state index contributed by atoms with van der Waals surface area (Å²) < 4.78 is 0. The van der Waals surface area contributed by atoms with E-state index in [1.165, 1.54) is 5.56 Å². The van der Waals surface area contributed by atoms with Gasteiger partial charge in [-0.15, -0.1) is 0 Å². The van der Waals surface area contributed by atoms with Crippen LogP contribution in [0, 0.1) is 0 Å². The van der Waals surface area contributed by atoms with Crippen molar-refractivity contribution in [1.29, 1.82) is 0 Å². The molecule has 3 rings (SSSR count). The molecule has 0 radical (unpaired) electrons. The molecule has 2 heterocycles. The van der Waals surface area contributed by atoms with E-state index in [9.17, 15) is 0 Å². The zero-order chi connectivity index (χ0) is 12.4. The molecule has 1 aliphatic rings. The Morgan fingerprint density at radius 2 is 1.94 bits per heavy atom. The quantitative estimate of drug-likeness (QED) is 0.888. The largest absolute Gasteiger partial charge is 0.370 e. The summed E-state index contributed by atoms with van der Waals surface area (Å²) in [6, 6.07) is 1.79. The van der Waals surface area contributed by atoms with Gasteiger partial charge in [-0.1, -0.05) is 0 Å². The maximum absolute atomic E-state index is 4.59. The minimum Gasteiger partial charge on any atom is -0.370 e. The van der Waals surface area contributed by atoms with Crippen LogP contribution >= 0.6 is 0 Å². The number of anilines is 1. The summed E-state index contributed by atoms with van der Waals surface area (Å²) in [6.07, 6.45) is 6.67. The van der Waals surface area contributed by atoms with Crippen molar-refractivity contribution >= 4 is 5.82 Å². The molecule has 0 unspecified atom stereocenters. The molecule has 1 N–H and O–H groups in total. The van der Waals surface area contributed by atoms with E-state index in [1.54, 1.807) is 18.5 Å². The molecule has 0 atom stereocenters. The lowest BCUT2D eigenvalue weighted by molar-refractivity contribution is 0.899. The van der Waals surface area contributed by atoms with E-state index in [4.69, 9.17) is 0 Å². The number of nitrogens with one attached hydrogen (secondary N) is 1. The molecule has 0 saturated heterocycles. The molecule has 1 aliphatic carbocycles. The van der Waals surface area contributed by atoms with Gasteiger partial charge in [-0.25, -0.2) is 19.9 Å². The Kier molecular flexibility index (Phi) is 2.88. The molecular weight excluding hydrogens is 226 g/mol. The predicted molar refractivity (Wildman–Crippen MR) is 69.2 cm³/mol. The molecular formula is C13H15N5. The van der Waals surface area contributed by atoms with Crippen LogP contribution in [-0.2, 0) is 12.8 Å². The van der Waals surface area contributed by atoms with Crippen LogP contribution in [0.1, 0.15) is 24.6 Å². The minimum atomic E-state index is 0.589. The molecule has 0 saturated carbocycles. The summed E-state index contributed by atoms with van der Waals surface area (Å²) in [6.45, 7) is 2.93. The number of rotatable bonds is 3. The van der Waals surface area contributed by atoms with Gasteiger partial charge in [0.2, 0.25) is 0 Å². The van der Waals surface area contributed by atoms with Crippen LogP contribution in [0.4, 0.5) is 5.82 Å². The third kappa shape index (κ3) is 1.92. The van der Waals surface area contributed by atoms with Crippen molar-refractivity contribution in [2.75, 3.05) is 11.9 Å². The minimum absolute atomic E-state index is 0.589. The molecule has 0 aliphatic heterocycles. The highest BCUT2D eigenvalue weighted by Gasteiger charge is 2.20. The number of fused-ring (bicyclic) bond motifs is 1. The first-order valence-corrected chi connectivity index (χ1v) is 6.29. The van der Waals surface area contributed by atoms with E-state index in [-0.39, 0.29) is 0 Å². The van der Waals surface area contributed by atoms with E-state index in [0.717, 1.165) is 37.3 Å². The van der Waals surface area contributed by atoms with Gasteiger partial charge >= 0.3 is 0 Å². The number of hydrogen-bond acceptors (Lipinski definition) is 5. The monoisotopic (exact) mass is 241 g/mol. The first-order valence-electron chi connectivity index (χ1n) is 6.29. The molecule has 5 nitrogen and oxygen atoms in total. The molecule has 2 aromatic rings. The van der Waals surface area contributed by atoms with E-state index in [1.807, 2.05) is 0 Å². The number of hydrogen-bond donors (Lipinski definition) is 1. The Morgan fingerprint density at radius 3 is 2.72 bits per heavy atom. The predicted octanol–water partition coefficient (Wildman–Crippen LogP) is 1.85. The van der Waals surface area contributed by atoms with Crippen molar-refractivity contribution in [3.05, 3.63) is 29.7 Å². The average molecular weight is 241 g/mol. The van der Waals surface area contributed by atoms with Crippen LogP contribution in [-0.4, -0.2) is 26.5 Å². The van der Waals surface area contributed by atoms with Crippen LogP contribution in [0.3, 0.4) is 0 Å². The third-order valence-corrected chi connectivity index (χ3v) is 3.04. The zero-order valence-electron chi connectivity index (χ0n) is 10.3. The number of nitrogens with zero attached hydrogens (tertiary/aromatic N) is 4. The smallest absolute Gasteiger partial charge is 0.199 e. The average Bonchev–Trinajstić information content (AvgIpc) is 2.88. The molecule has 0 bridgehead atoms. The highest BCUT2D eigenvalue weighted by molar-refractivity contribution is 5.55. The van der Waals surface area contributed by atoms with Crippen molar-refractivity contribution < 1.29 is 0 Å². The summed E-state index contributed by atoms with van der Waals surface area (Å²) in [5, 5.41) is 3.31. The van der Waals surface area contributed by atoms with Crippen LogP contribution in [0.15, 0.2) is 18.5 Å². The van der Waals surface area contributed by atoms with Crippen LogP contribution in [0.5, 0.6) is 0 Å². The van der Waals surface area contributed by atoms with Gasteiger partial charge in [0, 0.05) is 30.2 Å². The lowest BCUT2D eigenvalue weighted by Crippen LogP contribution is -2.07. The van der Waals surface area contributed by atoms with Gasteiger partial charge < -0.3 is 5.32 Å². The van der Waals surface area contributed by atoms with E-state index >= 15 is 0 Å². The zero-order valence-corrected chi connectivity index (χ0v) is 10.3. The molecule has 92 valence electrons. The van der Waals surface area contributed by atoms with Gasteiger partial charge in [-0.2, -0.15) is 0 Å². The molecule has 18 heavy (non-hydrogen) atoms. The fourth-order valence-electron chi connectivity index (χ4n) is 2.26. The summed E-state index contributed by atoms with van der Waals surface area (Å²) in [7, 11) is 0. The van der Waals surface area contributed by atoms with Crippen LogP contribution in [0.2, 0.25) is 0 Å².